The largest absolute Gasteiger partial charge is 0.463 e. The summed E-state index contributed by atoms with van der Waals surface area (Å²) in [6, 6.07) is 0. The molecule has 0 aliphatic heterocycles. The van der Waals surface area contributed by atoms with Crippen LogP contribution in [0, 0.1) is 5.92 Å². The van der Waals surface area contributed by atoms with Crippen LogP contribution in [0.1, 0.15) is 57.8 Å². The number of ether oxygens (including phenoxy) is 2. The van der Waals surface area contributed by atoms with E-state index in [-0.39, 0.29) is 12.8 Å². The Morgan fingerprint density at radius 3 is 1.87 bits per heavy atom. The van der Waals surface area contributed by atoms with Crippen LogP contribution < -0.4 is 0 Å². The lowest BCUT2D eigenvalue weighted by atomic mass is 9.84. The highest BCUT2D eigenvalue weighted by atomic mass is 32.2. The summed E-state index contributed by atoms with van der Waals surface area (Å²) in [6.45, 7) is 0.868. The Hall–Kier alpha value is -1.95. The second-order valence-corrected chi connectivity index (χ2v) is 10.1. The van der Waals surface area contributed by atoms with Gasteiger partial charge in [-0.1, -0.05) is 38.7 Å². The Kier molecular flexibility index (Phi) is 10.8. The summed E-state index contributed by atoms with van der Waals surface area (Å²) in [7, 11) is -6.57. The molecule has 1 atom stereocenters. The molecule has 38 heavy (non-hydrogen) atoms. The maximum atomic E-state index is 14.0. The Morgan fingerprint density at radius 1 is 0.895 bits per heavy atom. The van der Waals surface area contributed by atoms with E-state index in [4.69, 9.17) is 4.55 Å². The van der Waals surface area contributed by atoms with Gasteiger partial charge in [0.2, 0.25) is 5.78 Å². The van der Waals surface area contributed by atoms with E-state index < -0.39 is 95.0 Å². The predicted molar refractivity (Wildman–Crippen MR) is 108 cm³/mol. The summed E-state index contributed by atoms with van der Waals surface area (Å²) in [5, 5.41) is -5.94. The topological polar surface area (TPSA) is 107 Å². The summed E-state index contributed by atoms with van der Waals surface area (Å²) in [5.41, 5.74) is -2.41. The minimum absolute atomic E-state index is 0.278. The SMILES string of the molecule is C=C(C(=O)OC(OCCCCC(F)(F)C(F)(F)S(=O)(=O)O)(C(=O)CC1CCCCC1)C(F)(F)F)C(F)(F)F. The van der Waals surface area contributed by atoms with Gasteiger partial charge in [-0.3, -0.25) is 9.35 Å². The number of esters is 1. The second kappa shape index (κ2) is 12.1. The highest BCUT2D eigenvalue weighted by Gasteiger charge is 2.67. The molecule has 0 heterocycles. The van der Waals surface area contributed by atoms with Crippen molar-refractivity contribution in [2.75, 3.05) is 6.61 Å². The van der Waals surface area contributed by atoms with Gasteiger partial charge in [-0.15, -0.1) is 0 Å². The van der Waals surface area contributed by atoms with Gasteiger partial charge in [0, 0.05) is 12.8 Å². The standard InChI is InChI=1S/C20H24F10O7S/c1-12(18(23,24)25)15(32)37-17(19(26,27)28,14(31)11-13-7-3-2-4-8-13)36-10-6-5-9-16(21,22)20(29,30)38(33,34)35/h13H,1-11H2,(H,33,34,35). The van der Waals surface area contributed by atoms with Gasteiger partial charge in [0.25, 0.3) is 0 Å². The molecular weight excluding hydrogens is 574 g/mol. The van der Waals surface area contributed by atoms with Gasteiger partial charge < -0.3 is 9.47 Å². The van der Waals surface area contributed by atoms with Gasteiger partial charge in [0.05, 0.1) is 6.61 Å². The molecule has 7 nitrogen and oxygen atoms in total. The maximum Gasteiger partial charge on any atom is 0.463 e. The molecule has 0 saturated heterocycles. The molecule has 0 bridgehead atoms. The fourth-order valence-corrected chi connectivity index (χ4v) is 4.04. The van der Waals surface area contributed by atoms with E-state index in [1.165, 1.54) is 0 Å². The van der Waals surface area contributed by atoms with Crippen molar-refractivity contribution in [1.29, 1.82) is 0 Å². The Bertz CT molecular complexity index is 970. The first-order valence-corrected chi connectivity index (χ1v) is 12.4. The lowest BCUT2D eigenvalue weighted by Gasteiger charge is -2.35. The Morgan fingerprint density at radius 2 is 1.42 bits per heavy atom. The van der Waals surface area contributed by atoms with Gasteiger partial charge in [0.1, 0.15) is 5.57 Å². The first kappa shape index (κ1) is 34.1. The first-order chi connectivity index (χ1) is 17.0. The van der Waals surface area contributed by atoms with E-state index in [0.717, 1.165) is 0 Å². The van der Waals surface area contributed by atoms with Gasteiger partial charge in [0.15, 0.2) is 0 Å². The monoisotopic (exact) mass is 598 g/mol. The number of Topliss-reactive ketones (excluding diaryl/α,β-unsaturated/α-hetero) is 1. The van der Waals surface area contributed by atoms with Crippen molar-refractivity contribution < 1.29 is 75.9 Å². The predicted octanol–water partition coefficient (Wildman–Crippen LogP) is 5.75. The summed E-state index contributed by atoms with van der Waals surface area (Å²) >= 11 is 0. The molecule has 222 valence electrons. The third-order valence-electron chi connectivity index (χ3n) is 5.70. The first-order valence-electron chi connectivity index (χ1n) is 11.0. The molecule has 1 aliphatic rings. The molecule has 0 aromatic heterocycles. The molecule has 1 aliphatic carbocycles. The van der Waals surface area contributed by atoms with Crippen LogP contribution >= 0.6 is 0 Å². The number of halogens is 10. The number of ketones is 1. The molecule has 18 heteroatoms. The minimum Gasteiger partial charge on any atom is -0.413 e. The molecule has 0 spiro atoms. The molecule has 1 rings (SSSR count). The van der Waals surface area contributed by atoms with Crippen molar-refractivity contribution in [3.8, 4) is 0 Å². The lowest BCUT2D eigenvalue weighted by molar-refractivity contribution is -0.347. The summed E-state index contributed by atoms with van der Waals surface area (Å²) in [6.07, 6.45) is -14.3. The van der Waals surface area contributed by atoms with Crippen LogP contribution in [0.2, 0.25) is 0 Å². The van der Waals surface area contributed by atoms with Crippen LogP contribution in [-0.2, 0) is 29.2 Å². The van der Waals surface area contributed by atoms with Gasteiger partial charge in [-0.25, -0.2) is 4.79 Å². The molecule has 1 fully saturated rings. The van der Waals surface area contributed by atoms with Crippen molar-refractivity contribution in [2.45, 2.75) is 87.1 Å². The van der Waals surface area contributed by atoms with Crippen molar-refractivity contribution in [1.82, 2.24) is 0 Å². The normalized spacial score (nSPS) is 18.1. The minimum atomic E-state index is -6.57. The molecule has 1 N–H and O–H groups in total. The molecule has 1 unspecified atom stereocenters. The fraction of sp³-hybridized carbons (Fsp3) is 0.800. The quantitative estimate of drug-likeness (QED) is 0.0719. The third-order valence-corrected chi connectivity index (χ3v) is 6.65. The number of carbonyl (C=O) groups is 2. The molecule has 0 amide bonds. The van der Waals surface area contributed by atoms with Gasteiger partial charge in [-0.05, 0) is 18.8 Å². The highest BCUT2D eigenvalue weighted by Crippen LogP contribution is 2.43. The fourth-order valence-electron chi connectivity index (χ4n) is 3.56. The zero-order valence-electron chi connectivity index (χ0n) is 19.4. The van der Waals surface area contributed by atoms with E-state index in [1.54, 1.807) is 0 Å². The number of hydrogen-bond donors (Lipinski definition) is 1. The number of hydrogen-bond acceptors (Lipinski definition) is 6. The number of unbranched alkanes of at least 4 members (excludes halogenated alkanes) is 1. The van der Waals surface area contributed by atoms with E-state index >= 15 is 0 Å². The maximum absolute atomic E-state index is 14.0. The number of rotatable bonds is 13. The average molecular weight is 598 g/mol. The molecule has 0 aromatic rings. The highest BCUT2D eigenvalue weighted by molar-refractivity contribution is 7.87. The van der Waals surface area contributed by atoms with Crippen LogP contribution in [-0.4, -0.2) is 60.6 Å². The smallest absolute Gasteiger partial charge is 0.413 e. The Labute approximate surface area is 210 Å². The second-order valence-electron chi connectivity index (χ2n) is 8.61. The lowest BCUT2D eigenvalue weighted by Crippen LogP contribution is -2.58. The summed E-state index contributed by atoms with van der Waals surface area (Å²) in [4.78, 5) is 24.5. The van der Waals surface area contributed by atoms with Gasteiger partial charge >= 0.3 is 45.4 Å². The van der Waals surface area contributed by atoms with Crippen LogP contribution in [0.25, 0.3) is 0 Å². The zero-order chi connectivity index (χ0) is 29.8. The van der Waals surface area contributed by atoms with Crippen molar-refractivity contribution in [3.05, 3.63) is 12.2 Å². The molecule has 1 saturated carbocycles. The van der Waals surface area contributed by atoms with E-state index in [0.29, 0.717) is 19.3 Å². The van der Waals surface area contributed by atoms with Gasteiger partial charge in [-0.2, -0.15) is 52.3 Å². The summed E-state index contributed by atoms with van der Waals surface area (Å²) in [5.74, 6) is -15.3. The van der Waals surface area contributed by atoms with Crippen LogP contribution in [0.5, 0.6) is 0 Å². The van der Waals surface area contributed by atoms with E-state index in [9.17, 15) is 61.9 Å². The van der Waals surface area contributed by atoms with Crippen molar-refractivity contribution >= 4 is 21.9 Å². The van der Waals surface area contributed by atoms with Crippen molar-refractivity contribution in [2.24, 2.45) is 5.92 Å². The molecule has 0 aromatic carbocycles. The Balaban J connectivity index is 3.15. The summed E-state index contributed by atoms with van der Waals surface area (Å²) < 4.78 is 172. The molecular formula is C20H24F10O7S. The van der Waals surface area contributed by atoms with Crippen LogP contribution in [0.3, 0.4) is 0 Å². The third kappa shape index (κ3) is 8.03. The van der Waals surface area contributed by atoms with E-state index in [2.05, 4.69) is 16.1 Å². The number of carbonyl (C=O) groups excluding carboxylic acids is 2. The molecule has 0 radical (unpaired) electrons. The van der Waals surface area contributed by atoms with Crippen LogP contribution in [0.4, 0.5) is 43.9 Å². The van der Waals surface area contributed by atoms with Crippen LogP contribution in [0.15, 0.2) is 12.2 Å². The van der Waals surface area contributed by atoms with E-state index in [1.807, 2.05) is 0 Å². The van der Waals surface area contributed by atoms with Crippen molar-refractivity contribution in [3.63, 3.8) is 0 Å². The average Bonchev–Trinajstić information content (AvgIpc) is 2.75. The zero-order valence-corrected chi connectivity index (χ0v) is 20.3. The number of alkyl halides is 10.